The van der Waals surface area contributed by atoms with Crippen LogP contribution >= 0.6 is 24.0 Å². The Morgan fingerprint density at radius 1 is 1.57 bits per heavy atom. The molecule has 4 heteroatoms. The molecule has 1 aromatic rings. The van der Waals surface area contributed by atoms with Gasteiger partial charge in [-0.15, -0.1) is 11.3 Å². The summed E-state index contributed by atoms with van der Waals surface area (Å²) >= 11 is 5.98. The monoisotopic (exact) mass is 228 g/mol. The van der Waals surface area contributed by atoms with E-state index in [2.05, 4.69) is 34.8 Å². The van der Waals surface area contributed by atoms with Gasteiger partial charge in [-0.1, -0.05) is 6.92 Å². The maximum Gasteiger partial charge on any atom is 0.185 e. The van der Waals surface area contributed by atoms with E-state index in [1.165, 1.54) is 31.1 Å². The van der Waals surface area contributed by atoms with E-state index < -0.39 is 0 Å². The molecule has 0 radical (unpaired) electrons. The molecular formula is C10H16N2S2. The predicted molar refractivity (Wildman–Crippen MR) is 65.4 cm³/mol. The predicted octanol–water partition coefficient (Wildman–Crippen LogP) is 2.81. The zero-order valence-electron chi connectivity index (χ0n) is 8.44. The summed E-state index contributed by atoms with van der Waals surface area (Å²) in [5.41, 5.74) is 1.10. The van der Waals surface area contributed by atoms with Gasteiger partial charge in [0.15, 0.2) is 5.13 Å². The van der Waals surface area contributed by atoms with Crippen LogP contribution in [0.2, 0.25) is 0 Å². The fourth-order valence-electron chi connectivity index (χ4n) is 1.71. The summed E-state index contributed by atoms with van der Waals surface area (Å²) in [6, 6.07) is 0. The minimum absolute atomic E-state index is 0.751. The molecule has 0 spiro atoms. The normalized spacial score (nSPS) is 18.9. The molecule has 1 saturated heterocycles. The van der Waals surface area contributed by atoms with Crippen molar-refractivity contribution in [3.8, 4) is 0 Å². The van der Waals surface area contributed by atoms with Crippen molar-refractivity contribution >= 4 is 29.1 Å². The van der Waals surface area contributed by atoms with Crippen LogP contribution in [0.15, 0.2) is 5.38 Å². The first kappa shape index (κ1) is 10.3. The second kappa shape index (κ2) is 4.53. The lowest BCUT2D eigenvalue weighted by Gasteiger charge is -2.29. The van der Waals surface area contributed by atoms with E-state index in [1.807, 2.05) is 0 Å². The Morgan fingerprint density at radius 2 is 2.29 bits per heavy atom. The van der Waals surface area contributed by atoms with Gasteiger partial charge in [0.05, 0.1) is 5.69 Å². The van der Waals surface area contributed by atoms with E-state index in [0.29, 0.717) is 0 Å². The van der Waals surface area contributed by atoms with Gasteiger partial charge in [-0.3, -0.25) is 0 Å². The number of nitrogens with zero attached hydrogens (tertiary/aromatic N) is 2. The molecule has 1 aromatic heterocycles. The van der Waals surface area contributed by atoms with E-state index in [4.69, 9.17) is 0 Å². The minimum Gasteiger partial charge on any atom is -0.348 e. The molecule has 0 N–H and O–H groups in total. The molecule has 1 aliphatic rings. The molecule has 0 aliphatic carbocycles. The number of hydrogen-bond acceptors (Lipinski definition) is 4. The Kier molecular flexibility index (Phi) is 3.34. The number of thiazole rings is 1. The molecular weight excluding hydrogens is 212 g/mol. The van der Waals surface area contributed by atoms with Crippen molar-refractivity contribution in [2.45, 2.75) is 25.5 Å². The molecule has 1 aliphatic heterocycles. The fourth-order valence-corrected chi connectivity index (χ4v) is 2.88. The largest absolute Gasteiger partial charge is 0.348 e. The van der Waals surface area contributed by atoms with Gasteiger partial charge in [-0.25, -0.2) is 4.98 Å². The van der Waals surface area contributed by atoms with Gasteiger partial charge in [0.2, 0.25) is 0 Å². The highest BCUT2D eigenvalue weighted by molar-refractivity contribution is 7.79. The number of piperidine rings is 1. The van der Waals surface area contributed by atoms with Crippen molar-refractivity contribution in [2.75, 3.05) is 18.0 Å². The quantitative estimate of drug-likeness (QED) is 0.784. The van der Waals surface area contributed by atoms with Crippen molar-refractivity contribution in [2.24, 2.45) is 5.92 Å². The van der Waals surface area contributed by atoms with Gasteiger partial charge < -0.3 is 4.90 Å². The number of rotatable bonds is 2. The van der Waals surface area contributed by atoms with Gasteiger partial charge in [0.25, 0.3) is 0 Å². The third-order valence-electron chi connectivity index (χ3n) is 2.76. The SMILES string of the molecule is CC1CCN(c2nc(CS)cs2)CC1. The van der Waals surface area contributed by atoms with E-state index in [1.54, 1.807) is 11.3 Å². The summed E-state index contributed by atoms with van der Waals surface area (Å²) in [4.78, 5) is 6.95. The van der Waals surface area contributed by atoms with E-state index in [9.17, 15) is 0 Å². The fraction of sp³-hybridized carbons (Fsp3) is 0.700. The molecule has 1 fully saturated rings. The summed E-state index contributed by atoms with van der Waals surface area (Å²) < 4.78 is 0. The van der Waals surface area contributed by atoms with Crippen molar-refractivity contribution in [1.29, 1.82) is 0 Å². The Balaban J connectivity index is 2.01. The maximum absolute atomic E-state index is 4.55. The number of thiol groups is 1. The third-order valence-corrected chi connectivity index (χ3v) is 4.03. The number of anilines is 1. The third kappa shape index (κ3) is 2.23. The van der Waals surface area contributed by atoms with Crippen molar-refractivity contribution < 1.29 is 0 Å². The van der Waals surface area contributed by atoms with E-state index in [-0.39, 0.29) is 0 Å². The first-order chi connectivity index (χ1) is 6.79. The van der Waals surface area contributed by atoms with E-state index >= 15 is 0 Å². The van der Waals surface area contributed by atoms with Crippen LogP contribution in [0.5, 0.6) is 0 Å². The maximum atomic E-state index is 4.55. The summed E-state index contributed by atoms with van der Waals surface area (Å²) in [6.07, 6.45) is 2.60. The summed E-state index contributed by atoms with van der Waals surface area (Å²) in [5, 5.41) is 3.29. The van der Waals surface area contributed by atoms with Crippen LogP contribution in [0.1, 0.15) is 25.5 Å². The average Bonchev–Trinajstić information content (AvgIpc) is 2.67. The van der Waals surface area contributed by atoms with Crippen LogP contribution in [0.4, 0.5) is 5.13 Å². The first-order valence-electron chi connectivity index (χ1n) is 5.10. The molecule has 0 bridgehead atoms. The second-order valence-electron chi connectivity index (χ2n) is 3.95. The smallest absolute Gasteiger partial charge is 0.185 e. The van der Waals surface area contributed by atoms with Crippen LogP contribution in [-0.2, 0) is 5.75 Å². The second-order valence-corrected chi connectivity index (χ2v) is 5.10. The molecule has 2 nitrogen and oxygen atoms in total. The van der Waals surface area contributed by atoms with Gasteiger partial charge in [0.1, 0.15) is 0 Å². The molecule has 0 saturated carbocycles. The summed E-state index contributed by atoms with van der Waals surface area (Å²) in [5.74, 6) is 1.64. The van der Waals surface area contributed by atoms with Gasteiger partial charge in [-0.05, 0) is 18.8 Å². The Hall–Kier alpha value is -0.220. The molecule has 14 heavy (non-hydrogen) atoms. The molecule has 0 aromatic carbocycles. The van der Waals surface area contributed by atoms with E-state index in [0.717, 1.165) is 17.4 Å². The zero-order chi connectivity index (χ0) is 9.97. The highest BCUT2D eigenvalue weighted by Crippen LogP contribution is 2.26. The lowest BCUT2D eigenvalue weighted by Crippen LogP contribution is -2.32. The molecule has 2 rings (SSSR count). The van der Waals surface area contributed by atoms with Gasteiger partial charge in [-0.2, -0.15) is 12.6 Å². The van der Waals surface area contributed by atoms with Crippen LogP contribution in [-0.4, -0.2) is 18.1 Å². The van der Waals surface area contributed by atoms with Crippen molar-refractivity contribution in [1.82, 2.24) is 4.98 Å². The zero-order valence-corrected chi connectivity index (χ0v) is 10.2. The molecule has 0 amide bonds. The van der Waals surface area contributed by atoms with Gasteiger partial charge >= 0.3 is 0 Å². The first-order valence-corrected chi connectivity index (χ1v) is 6.61. The highest BCUT2D eigenvalue weighted by atomic mass is 32.1. The lowest BCUT2D eigenvalue weighted by atomic mass is 10.00. The highest BCUT2D eigenvalue weighted by Gasteiger charge is 2.17. The Labute approximate surface area is 94.8 Å². The number of hydrogen-bond donors (Lipinski definition) is 1. The van der Waals surface area contributed by atoms with Crippen LogP contribution < -0.4 is 4.90 Å². The van der Waals surface area contributed by atoms with Crippen LogP contribution in [0.3, 0.4) is 0 Å². The lowest BCUT2D eigenvalue weighted by molar-refractivity contribution is 0.438. The Morgan fingerprint density at radius 3 is 2.86 bits per heavy atom. The average molecular weight is 228 g/mol. The molecule has 78 valence electrons. The van der Waals surface area contributed by atoms with Crippen LogP contribution in [0.25, 0.3) is 0 Å². The number of aromatic nitrogens is 1. The summed E-state index contributed by atoms with van der Waals surface area (Å²) in [6.45, 7) is 4.67. The van der Waals surface area contributed by atoms with Gasteiger partial charge in [0, 0.05) is 24.2 Å². The van der Waals surface area contributed by atoms with Crippen LogP contribution in [0, 0.1) is 5.92 Å². The van der Waals surface area contributed by atoms with Crippen molar-refractivity contribution in [3.05, 3.63) is 11.1 Å². The topological polar surface area (TPSA) is 16.1 Å². The molecule has 0 atom stereocenters. The summed E-state index contributed by atoms with van der Waals surface area (Å²) in [7, 11) is 0. The standard InChI is InChI=1S/C10H16N2S2/c1-8-2-4-12(5-3-8)10-11-9(6-13)7-14-10/h7-8,13H,2-6H2,1H3. The minimum atomic E-state index is 0.751. The molecule has 2 heterocycles. The molecule has 0 unspecified atom stereocenters. The Bertz CT molecular complexity index is 290. The van der Waals surface area contributed by atoms with Crippen molar-refractivity contribution in [3.63, 3.8) is 0 Å².